The van der Waals surface area contributed by atoms with Gasteiger partial charge in [0, 0.05) is 44.8 Å². The highest BCUT2D eigenvalue weighted by atomic mass is 19.4. The van der Waals surface area contributed by atoms with Gasteiger partial charge >= 0.3 is 12.1 Å². The lowest BCUT2D eigenvalue weighted by atomic mass is 10.0. The summed E-state index contributed by atoms with van der Waals surface area (Å²) in [6.45, 7) is 6.22. The number of alkyl halides is 3. The third-order valence-electron chi connectivity index (χ3n) is 6.36. The fourth-order valence-corrected chi connectivity index (χ4v) is 4.28. The minimum Gasteiger partial charge on any atom is -0.475 e. The predicted molar refractivity (Wildman–Crippen MR) is 139 cm³/mol. The van der Waals surface area contributed by atoms with Gasteiger partial charge in [0.15, 0.2) is 0 Å². The van der Waals surface area contributed by atoms with E-state index < -0.39 is 12.1 Å². The molecule has 0 bridgehead atoms. The molecule has 1 saturated heterocycles. The van der Waals surface area contributed by atoms with Crippen LogP contribution < -0.4 is 0 Å². The number of aromatic amines is 1. The van der Waals surface area contributed by atoms with E-state index in [1.54, 1.807) is 0 Å². The van der Waals surface area contributed by atoms with E-state index in [0.717, 1.165) is 61.7 Å². The average Bonchev–Trinajstić information content (AvgIpc) is 3.35. The van der Waals surface area contributed by atoms with Crippen molar-refractivity contribution in [2.24, 2.45) is 0 Å². The molecule has 0 radical (unpaired) electrons. The molecule has 1 aliphatic heterocycles. The number of aliphatic hydroxyl groups is 1. The highest BCUT2D eigenvalue weighted by molar-refractivity contribution is 5.79. The fraction of sp³-hybridized carbons (Fsp3) is 0.286. The second-order valence-corrected chi connectivity index (χ2v) is 9.02. The molecule has 0 aliphatic carbocycles. The zero-order valence-electron chi connectivity index (χ0n) is 20.7. The van der Waals surface area contributed by atoms with E-state index in [1.165, 1.54) is 16.7 Å². The Morgan fingerprint density at radius 3 is 1.92 bits per heavy atom. The van der Waals surface area contributed by atoms with Gasteiger partial charge in [-0.25, -0.2) is 9.78 Å². The molecule has 5 rings (SSSR count). The molecule has 200 valence electrons. The van der Waals surface area contributed by atoms with Crippen molar-refractivity contribution in [2.45, 2.75) is 12.7 Å². The number of piperazine rings is 1. The first-order chi connectivity index (χ1) is 18.2. The van der Waals surface area contributed by atoms with Crippen molar-refractivity contribution in [1.82, 2.24) is 19.8 Å². The molecule has 3 aromatic carbocycles. The lowest BCUT2D eigenvalue weighted by molar-refractivity contribution is -0.192. The van der Waals surface area contributed by atoms with E-state index in [9.17, 15) is 13.2 Å². The molecule has 4 aromatic rings. The number of nitrogens with zero attached hydrogens (tertiary/aromatic N) is 3. The number of carboxylic acids is 1. The van der Waals surface area contributed by atoms with Crippen LogP contribution in [0.3, 0.4) is 0 Å². The summed E-state index contributed by atoms with van der Waals surface area (Å²) in [7, 11) is 0. The van der Waals surface area contributed by atoms with Crippen molar-refractivity contribution in [3.05, 3.63) is 78.4 Å². The van der Waals surface area contributed by atoms with Gasteiger partial charge in [0.2, 0.25) is 0 Å². The number of carbonyl (C=O) groups is 1. The SMILES string of the molecule is O=C(O)C(F)(F)F.OCCN1CCN(Cc2ccc(-c3ccc(-c4nc5ccccc5[nH]4)cc3)cc2)CC1. The van der Waals surface area contributed by atoms with E-state index in [1.807, 2.05) is 18.2 Å². The summed E-state index contributed by atoms with van der Waals surface area (Å²) >= 11 is 0. The Bertz CT molecular complexity index is 1300. The molecule has 0 unspecified atom stereocenters. The van der Waals surface area contributed by atoms with Crippen molar-refractivity contribution in [2.75, 3.05) is 39.3 Å². The first-order valence-corrected chi connectivity index (χ1v) is 12.2. The number of imidazole rings is 1. The Kier molecular flexibility index (Phi) is 8.77. The number of fused-ring (bicyclic) bond motifs is 1. The summed E-state index contributed by atoms with van der Waals surface area (Å²) in [5, 5.41) is 16.2. The van der Waals surface area contributed by atoms with Crippen molar-refractivity contribution >= 4 is 17.0 Å². The minimum absolute atomic E-state index is 0.251. The van der Waals surface area contributed by atoms with Gasteiger partial charge in [-0.1, -0.05) is 60.7 Å². The number of nitrogens with one attached hydrogen (secondary N) is 1. The van der Waals surface area contributed by atoms with E-state index in [0.29, 0.717) is 0 Å². The van der Waals surface area contributed by atoms with Gasteiger partial charge in [-0.05, 0) is 28.8 Å². The predicted octanol–water partition coefficient (Wildman–Crippen LogP) is 4.64. The van der Waals surface area contributed by atoms with Gasteiger partial charge in [-0.3, -0.25) is 9.80 Å². The smallest absolute Gasteiger partial charge is 0.475 e. The summed E-state index contributed by atoms with van der Waals surface area (Å²) in [5.74, 6) is -1.85. The zero-order chi connectivity index (χ0) is 27.1. The number of carboxylic acid groups (broad SMARTS) is 1. The molecule has 1 aromatic heterocycles. The van der Waals surface area contributed by atoms with Crippen LogP contribution in [0.1, 0.15) is 5.56 Å². The maximum absolute atomic E-state index is 10.6. The number of halogens is 3. The molecule has 1 fully saturated rings. The first kappa shape index (κ1) is 27.3. The lowest BCUT2D eigenvalue weighted by Gasteiger charge is -2.34. The Morgan fingerprint density at radius 2 is 1.37 bits per heavy atom. The van der Waals surface area contributed by atoms with Crippen LogP contribution in [-0.2, 0) is 11.3 Å². The van der Waals surface area contributed by atoms with E-state index in [4.69, 9.17) is 20.0 Å². The Hall–Kier alpha value is -3.73. The number of hydrogen-bond acceptors (Lipinski definition) is 5. The van der Waals surface area contributed by atoms with Gasteiger partial charge in [-0.2, -0.15) is 13.2 Å². The maximum Gasteiger partial charge on any atom is 0.490 e. The largest absolute Gasteiger partial charge is 0.490 e. The van der Waals surface area contributed by atoms with Crippen molar-refractivity contribution in [3.63, 3.8) is 0 Å². The van der Waals surface area contributed by atoms with Crippen LogP contribution in [0.5, 0.6) is 0 Å². The first-order valence-electron chi connectivity index (χ1n) is 12.2. The van der Waals surface area contributed by atoms with Crippen LogP contribution >= 0.6 is 0 Å². The van der Waals surface area contributed by atoms with Crippen LogP contribution in [-0.4, -0.2) is 81.5 Å². The summed E-state index contributed by atoms with van der Waals surface area (Å²) in [6, 6.07) is 25.6. The van der Waals surface area contributed by atoms with Gasteiger partial charge in [0.05, 0.1) is 17.6 Å². The summed E-state index contributed by atoms with van der Waals surface area (Å²) in [5.41, 5.74) is 6.94. The number of aromatic nitrogens is 2. The molecule has 0 saturated carbocycles. The van der Waals surface area contributed by atoms with Gasteiger partial charge < -0.3 is 15.2 Å². The van der Waals surface area contributed by atoms with E-state index in [-0.39, 0.29) is 6.61 Å². The van der Waals surface area contributed by atoms with Crippen LogP contribution in [0.15, 0.2) is 72.8 Å². The van der Waals surface area contributed by atoms with Gasteiger partial charge in [-0.15, -0.1) is 0 Å². The van der Waals surface area contributed by atoms with Gasteiger partial charge in [0.1, 0.15) is 5.82 Å². The highest BCUT2D eigenvalue weighted by Gasteiger charge is 2.38. The summed E-state index contributed by atoms with van der Waals surface area (Å²) < 4.78 is 31.7. The summed E-state index contributed by atoms with van der Waals surface area (Å²) in [4.78, 5) is 21.8. The van der Waals surface area contributed by atoms with Crippen molar-refractivity contribution < 1.29 is 28.2 Å². The molecule has 1 aliphatic rings. The molecule has 0 spiro atoms. The van der Waals surface area contributed by atoms with Gasteiger partial charge in [0.25, 0.3) is 0 Å². The average molecular weight is 527 g/mol. The number of aliphatic carboxylic acids is 1. The number of aliphatic hydroxyl groups excluding tert-OH is 1. The molecule has 2 heterocycles. The number of benzene rings is 3. The lowest BCUT2D eigenvalue weighted by Crippen LogP contribution is -2.46. The third-order valence-corrected chi connectivity index (χ3v) is 6.36. The zero-order valence-corrected chi connectivity index (χ0v) is 20.7. The Labute approximate surface area is 218 Å². The standard InChI is InChI=1S/C26H28N4O.C2HF3O2/c31-18-17-29-13-15-30(16-14-29)19-20-5-7-21(8-6-20)22-9-11-23(12-10-22)26-27-24-3-1-2-4-25(24)28-26;3-2(4,5)1(6)7/h1-12,31H,13-19H2,(H,27,28);(H,6,7). The minimum atomic E-state index is -5.08. The number of β-amino-alcohol motifs (C(OH)–C–C–N with tert-alkyl or cyclic N) is 1. The molecular formula is C28H29F3N4O3. The monoisotopic (exact) mass is 526 g/mol. The molecule has 3 N–H and O–H groups in total. The number of H-pyrrole nitrogens is 1. The molecule has 0 atom stereocenters. The topological polar surface area (TPSA) is 92.7 Å². The molecule has 38 heavy (non-hydrogen) atoms. The Morgan fingerprint density at radius 1 is 0.842 bits per heavy atom. The molecule has 0 amide bonds. The molecular weight excluding hydrogens is 497 g/mol. The number of para-hydroxylation sites is 2. The third kappa shape index (κ3) is 7.18. The number of hydrogen-bond donors (Lipinski definition) is 3. The van der Waals surface area contributed by atoms with Crippen molar-refractivity contribution in [3.8, 4) is 22.5 Å². The van der Waals surface area contributed by atoms with Crippen LogP contribution in [0.4, 0.5) is 13.2 Å². The second kappa shape index (κ2) is 12.2. The van der Waals surface area contributed by atoms with Crippen LogP contribution in [0, 0.1) is 0 Å². The quantitative estimate of drug-likeness (QED) is 0.339. The maximum atomic E-state index is 10.6. The summed E-state index contributed by atoms with van der Waals surface area (Å²) in [6.07, 6.45) is -5.08. The number of rotatable bonds is 6. The van der Waals surface area contributed by atoms with E-state index >= 15 is 0 Å². The van der Waals surface area contributed by atoms with Crippen LogP contribution in [0.2, 0.25) is 0 Å². The van der Waals surface area contributed by atoms with E-state index in [2.05, 4.69) is 69.4 Å². The molecule has 10 heteroatoms. The Balaban J connectivity index is 0.000000426. The van der Waals surface area contributed by atoms with Crippen LogP contribution in [0.25, 0.3) is 33.5 Å². The highest BCUT2D eigenvalue weighted by Crippen LogP contribution is 2.25. The normalized spacial score (nSPS) is 14.7. The fourth-order valence-electron chi connectivity index (χ4n) is 4.28. The van der Waals surface area contributed by atoms with Crippen molar-refractivity contribution in [1.29, 1.82) is 0 Å². The second-order valence-electron chi connectivity index (χ2n) is 9.02. The molecule has 7 nitrogen and oxygen atoms in total.